The summed E-state index contributed by atoms with van der Waals surface area (Å²) in [7, 11) is 3.28. The van der Waals surface area contributed by atoms with Gasteiger partial charge in [-0.15, -0.1) is 0 Å². The first-order valence-corrected chi connectivity index (χ1v) is 10.3. The van der Waals surface area contributed by atoms with Crippen molar-refractivity contribution in [3.05, 3.63) is 94.5 Å². The van der Waals surface area contributed by atoms with Gasteiger partial charge in [0.25, 0.3) is 0 Å². The van der Waals surface area contributed by atoms with Crippen LogP contribution in [-0.2, 0) is 10.2 Å². The number of hydrogen-bond donors (Lipinski definition) is 1. The van der Waals surface area contributed by atoms with Crippen molar-refractivity contribution in [3.63, 3.8) is 0 Å². The molecule has 6 heteroatoms. The van der Waals surface area contributed by atoms with Crippen LogP contribution in [0.1, 0.15) is 23.1 Å². The molecular formula is C25H23ClN2O3. The molecule has 1 fully saturated rings. The topological polar surface area (TPSA) is 59.9 Å². The molecule has 0 aromatic heterocycles. The molecule has 0 radical (unpaired) electrons. The van der Waals surface area contributed by atoms with Crippen LogP contribution >= 0.6 is 11.6 Å². The predicted molar refractivity (Wildman–Crippen MR) is 122 cm³/mol. The van der Waals surface area contributed by atoms with Gasteiger partial charge in [-0.05, 0) is 59.5 Å². The van der Waals surface area contributed by atoms with E-state index in [9.17, 15) is 4.79 Å². The van der Waals surface area contributed by atoms with Crippen LogP contribution in [0.2, 0.25) is 5.02 Å². The molecule has 3 aromatic rings. The van der Waals surface area contributed by atoms with Crippen LogP contribution in [0.3, 0.4) is 0 Å². The molecule has 0 aliphatic heterocycles. The first kappa shape index (κ1) is 20.9. The Bertz CT molecular complexity index is 1060. The molecule has 4 rings (SSSR count). The van der Waals surface area contributed by atoms with Crippen molar-refractivity contribution in [1.82, 2.24) is 5.43 Å². The van der Waals surface area contributed by atoms with Crippen molar-refractivity contribution in [1.29, 1.82) is 0 Å². The summed E-state index contributed by atoms with van der Waals surface area (Å²) in [5.74, 6) is 1.13. The fourth-order valence-electron chi connectivity index (χ4n) is 3.98. The minimum Gasteiger partial charge on any atom is -0.497 e. The Morgan fingerprint density at radius 2 is 1.58 bits per heavy atom. The molecule has 158 valence electrons. The quantitative estimate of drug-likeness (QED) is 0.428. The average Bonchev–Trinajstić information content (AvgIpc) is 3.58. The maximum absolute atomic E-state index is 13.0. The second kappa shape index (κ2) is 8.82. The normalized spacial score (nSPS) is 16.7. The number of nitrogens with one attached hydrogen (secondary N) is 1. The fourth-order valence-corrected chi connectivity index (χ4v) is 4.11. The smallest absolute Gasteiger partial charge is 0.244 e. The molecule has 1 aliphatic carbocycles. The number of carbonyl (C=O) groups excluding carboxylic acids is 1. The van der Waals surface area contributed by atoms with Gasteiger partial charge in [-0.2, -0.15) is 5.10 Å². The van der Waals surface area contributed by atoms with Gasteiger partial charge in [0.15, 0.2) is 0 Å². The third-order valence-electron chi connectivity index (χ3n) is 5.71. The van der Waals surface area contributed by atoms with Crippen molar-refractivity contribution in [2.45, 2.75) is 11.8 Å². The van der Waals surface area contributed by atoms with Gasteiger partial charge in [0.2, 0.25) is 5.91 Å². The van der Waals surface area contributed by atoms with Crippen LogP contribution in [0.5, 0.6) is 11.5 Å². The Labute approximate surface area is 186 Å². The summed E-state index contributed by atoms with van der Waals surface area (Å²) in [6, 6.07) is 23.0. The van der Waals surface area contributed by atoms with Gasteiger partial charge in [0.05, 0.1) is 26.4 Å². The molecule has 0 saturated heterocycles. The Hall–Kier alpha value is -3.31. The van der Waals surface area contributed by atoms with Gasteiger partial charge in [0.1, 0.15) is 11.5 Å². The number of benzene rings is 3. The van der Waals surface area contributed by atoms with E-state index in [0.717, 1.165) is 28.2 Å². The Morgan fingerprint density at radius 3 is 2.13 bits per heavy atom. The summed E-state index contributed by atoms with van der Waals surface area (Å²) in [6.45, 7) is 0. The Morgan fingerprint density at radius 1 is 1.00 bits per heavy atom. The molecule has 1 aliphatic rings. The van der Waals surface area contributed by atoms with Crippen LogP contribution in [-0.4, -0.2) is 26.3 Å². The van der Waals surface area contributed by atoms with E-state index in [0.29, 0.717) is 11.4 Å². The van der Waals surface area contributed by atoms with E-state index in [-0.39, 0.29) is 11.8 Å². The fraction of sp³-hybridized carbons (Fsp3) is 0.200. The maximum atomic E-state index is 13.0. The summed E-state index contributed by atoms with van der Waals surface area (Å²) in [5, 5.41) is 4.79. The summed E-state index contributed by atoms with van der Waals surface area (Å²) in [6.07, 6.45) is 2.28. The van der Waals surface area contributed by atoms with Gasteiger partial charge in [-0.3, -0.25) is 4.79 Å². The second-order valence-corrected chi connectivity index (χ2v) is 7.91. The van der Waals surface area contributed by atoms with E-state index < -0.39 is 5.41 Å². The van der Waals surface area contributed by atoms with E-state index >= 15 is 0 Å². The molecule has 1 atom stereocenters. The monoisotopic (exact) mass is 434 g/mol. The zero-order chi connectivity index (χ0) is 21.8. The Kier molecular flexibility index (Phi) is 5.96. The minimum absolute atomic E-state index is 0.129. The maximum Gasteiger partial charge on any atom is 0.244 e. The molecule has 1 unspecified atom stereocenters. The lowest BCUT2D eigenvalue weighted by Crippen LogP contribution is -2.25. The molecule has 1 saturated carbocycles. The third kappa shape index (κ3) is 4.28. The SMILES string of the molecule is COc1cccc(C2(c3cccc(OC)c3)CC2C(=O)NN=Cc2ccc(Cl)cc2)c1. The third-order valence-corrected chi connectivity index (χ3v) is 5.96. The highest BCUT2D eigenvalue weighted by molar-refractivity contribution is 6.30. The van der Waals surface area contributed by atoms with Crippen LogP contribution in [0.4, 0.5) is 0 Å². The molecule has 0 bridgehead atoms. The summed E-state index contributed by atoms with van der Waals surface area (Å²) in [5.41, 5.74) is 5.15. The number of carbonyl (C=O) groups is 1. The highest BCUT2D eigenvalue weighted by Crippen LogP contribution is 2.59. The van der Waals surface area contributed by atoms with Crippen molar-refractivity contribution in [2.75, 3.05) is 14.2 Å². The largest absolute Gasteiger partial charge is 0.497 e. The van der Waals surface area contributed by atoms with Gasteiger partial charge >= 0.3 is 0 Å². The number of ether oxygens (including phenoxy) is 2. The number of methoxy groups -OCH3 is 2. The zero-order valence-corrected chi connectivity index (χ0v) is 18.1. The van der Waals surface area contributed by atoms with Gasteiger partial charge in [-0.25, -0.2) is 5.43 Å². The first-order valence-electron chi connectivity index (χ1n) is 9.94. The molecular weight excluding hydrogens is 412 g/mol. The second-order valence-electron chi connectivity index (χ2n) is 7.48. The van der Waals surface area contributed by atoms with Crippen LogP contribution in [0, 0.1) is 5.92 Å². The molecule has 5 nitrogen and oxygen atoms in total. The summed E-state index contributed by atoms with van der Waals surface area (Å²) >= 11 is 5.90. The number of nitrogens with zero attached hydrogens (tertiary/aromatic N) is 1. The van der Waals surface area contributed by atoms with Crippen LogP contribution in [0.15, 0.2) is 77.9 Å². The van der Waals surface area contributed by atoms with Crippen LogP contribution < -0.4 is 14.9 Å². The molecule has 31 heavy (non-hydrogen) atoms. The van der Waals surface area contributed by atoms with Gasteiger partial charge < -0.3 is 9.47 Å². The zero-order valence-electron chi connectivity index (χ0n) is 17.3. The standard InChI is InChI=1S/C25H23ClN2O3/c1-30-21-7-3-5-18(13-21)25(19-6-4-8-22(14-19)31-2)15-23(25)24(29)28-27-16-17-9-11-20(26)12-10-17/h3-14,16,23H,15H2,1-2H3,(H,28,29). The average molecular weight is 435 g/mol. The lowest BCUT2D eigenvalue weighted by molar-refractivity contribution is -0.122. The summed E-state index contributed by atoms with van der Waals surface area (Å²) < 4.78 is 10.8. The minimum atomic E-state index is -0.455. The van der Waals surface area contributed by atoms with E-state index in [2.05, 4.69) is 10.5 Å². The highest BCUT2D eigenvalue weighted by Gasteiger charge is 2.60. The van der Waals surface area contributed by atoms with Crippen molar-refractivity contribution in [2.24, 2.45) is 11.0 Å². The van der Waals surface area contributed by atoms with Crippen molar-refractivity contribution < 1.29 is 14.3 Å². The molecule has 1 amide bonds. The Balaban J connectivity index is 1.60. The van der Waals surface area contributed by atoms with Crippen molar-refractivity contribution >= 4 is 23.7 Å². The lowest BCUT2D eigenvalue weighted by Gasteiger charge is -2.20. The highest BCUT2D eigenvalue weighted by atomic mass is 35.5. The first-order chi connectivity index (χ1) is 15.1. The van der Waals surface area contributed by atoms with Crippen molar-refractivity contribution in [3.8, 4) is 11.5 Å². The molecule has 0 spiro atoms. The summed E-state index contributed by atoms with van der Waals surface area (Å²) in [4.78, 5) is 13.0. The lowest BCUT2D eigenvalue weighted by atomic mass is 9.85. The van der Waals surface area contributed by atoms with E-state index in [1.807, 2.05) is 60.7 Å². The molecule has 0 heterocycles. The number of amides is 1. The van der Waals surface area contributed by atoms with Crippen LogP contribution in [0.25, 0.3) is 0 Å². The number of hydrazone groups is 1. The van der Waals surface area contributed by atoms with E-state index in [1.165, 1.54) is 0 Å². The number of hydrogen-bond acceptors (Lipinski definition) is 4. The van der Waals surface area contributed by atoms with E-state index in [1.54, 1.807) is 32.6 Å². The van der Waals surface area contributed by atoms with E-state index in [4.69, 9.17) is 21.1 Å². The van der Waals surface area contributed by atoms with Gasteiger partial charge in [0, 0.05) is 10.4 Å². The molecule has 1 N–H and O–H groups in total. The molecule has 3 aromatic carbocycles. The predicted octanol–water partition coefficient (Wildman–Crippen LogP) is 4.81. The van der Waals surface area contributed by atoms with Gasteiger partial charge in [-0.1, -0.05) is 48.0 Å². The number of halogens is 1. The number of rotatable bonds is 7.